The zero-order valence-electron chi connectivity index (χ0n) is 18.7. The zero-order valence-corrected chi connectivity index (χ0v) is 18.7. The molecule has 6 nitrogen and oxygen atoms in total. The summed E-state index contributed by atoms with van der Waals surface area (Å²) in [6.07, 6.45) is 3.09. The van der Waals surface area contributed by atoms with Crippen LogP contribution in [0.2, 0.25) is 0 Å². The van der Waals surface area contributed by atoms with E-state index in [1.807, 2.05) is 12.1 Å². The van der Waals surface area contributed by atoms with Crippen molar-refractivity contribution < 1.29 is 19.1 Å². The molecule has 170 valence electrons. The Morgan fingerprint density at radius 1 is 1.06 bits per heavy atom. The Kier molecular flexibility index (Phi) is 11.6. The number of nitrogens with one attached hydrogen (secondary N) is 1. The lowest BCUT2D eigenvalue weighted by Crippen LogP contribution is -2.30. The number of hydrogen-bond donors (Lipinski definition) is 2. The zero-order chi connectivity index (χ0) is 23.0. The second-order valence-electron chi connectivity index (χ2n) is 7.38. The van der Waals surface area contributed by atoms with Gasteiger partial charge in [-0.25, -0.2) is 0 Å². The average molecular weight is 437 g/mol. The number of aryl methyl sites for hydroxylation is 1. The molecule has 0 spiro atoms. The highest BCUT2D eigenvalue weighted by Crippen LogP contribution is 2.19. The summed E-state index contributed by atoms with van der Waals surface area (Å²) in [5.41, 5.74) is 7.99. The molecule has 0 saturated carbocycles. The molecule has 32 heavy (non-hydrogen) atoms. The van der Waals surface area contributed by atoms with Gasteiger partial charge in [-0.1, -0.05) is 55.7 Å². The summed E-state index contributed by atoms with van der Waals surface area (Å²) in [6.45, 7) is 6.44. The van der Waals surface area contributed by atoms with Crippen LogP contribution < -0.4 is 15.8 Å². The Bertz CT molecular complexity index is 898. The van der Waals surface area contributed by atoms with E-state index in [1.165, 1.54) is 18.4 Å². The molecule has 1 aliphatic rings. The van der Waals surface area contributed by atoms with Gasteiger partial charge in [-0.05, 0) is 42.0 Å². The predicted octanol–water partition coefficient (Wildman–Crippen LogP) is 3.01. The number of carbonyl (C=O) groups is 2. The van der Waals surface area contributed by atoms with Crippen LogP contribution in [0.4, 0.5) is 0 Å². The van der Waals surface area contributed by atoms with Gasteiger partial charge in [0.15, 0.2) is 0 Å². The van der Waals surface area contributed by atoms with Crippen LogP contribution in [0, 0.1) is 11.8 Å². The number of amides is 1. The molecule has 1 heterocycles. The average Bonchev–Trinajstić information content (AvgIpc) is 2.82. The van der Waals surface area contributed by atoms with Crippen LogP contribution in [-0.4, -0.2) is 38.0 Å². The van der Waals surface area contributed by atoms with Gasteiger partial charge in [0.25, 0.3) is 0 Å². The van der Waals surface area contributed by atoms with Gasteiger partial charge in [0.2, 0.25) is 11.7 Å². The number of ketones is 1. The van der Waals surface area contributed by atoms with Crippen LogP contribution >= 0.6 is 0 Å². The Morgan fingerprint density at radius 3 is 2.34 bits per heavy atom. The normalized spacial score (nSPS) is 12.5. The summed E-state index contributed by atoms with van der Waals surface area (Å²) in [7, 11) is 0. The van der Waals surface area contributed by atoms with Gasteiger partial charge in [0, 0.05) is 13.1 Å². The summed E-state index contributed by atoms with van der Waals surface area (Å²) < 4.78 is 10.9. The summed E-state index contributed by atoms with van der Waals surface area (Å²) in [6, 6.07) is 15.6. The first-order chi connectivity index (χ1) is 15.6. The largest absolute Gasteiger partial charge is 0.488 e. The molecule has 0 unspecified atom stereocenters. The first-order valence-corrected chi connectivity index (χ1v) is 11.0. The fourth-order valence-corrected chi connectivity index (χ4v) is 2.90. The molecule has 1 amide bonds. The van der Waals surface area contributed by atoms with Gasteiger partial charge in [0.05, 0.1) is 25.2 Å². The molecule has 2 aromatic rings. The van der Waals surface area contributed by atoms with Crippen molar-refractivity contribution in [2.45, 2.75) is 39.2 Å². The molecular formula is C26H32N2O4. The highest BCUT2D eigenvalue weighted by atomic mass is 16.5. The van der Waals surface area contributed by atoms with Crippen molar-refractivity contribution in [3.8, 4) is 17.6 Å². The molecule has 0 atom stereocenters. The number of rotatable bonds is 8. The maximum Gasteiger partial charge on any atom is 0.225 e. The molecule has 6 heteroatoms. The highest BCUT2D eigenvalue weighted by Gasteiger charge is 2.04. The molecule has 0 radical (unpaired) electrons. The predicted molar refractivity (Wildman–Crippen MR) is 125 cm³/mol. The SMILES string of the molecule is C1COCCN1.CCCCc1ccc(COc2ccccc2C#CC(=O)CC(N)=O)cc1. The Hall–Kier alpha value is -3.14. The van der Waals surface area contributed by atoms with Crippen LogP contribution in [0.5, 0.6) is 5.75 Å². The van der Waals surface area contributed by atoms with Gasteiger partial charge < -0.3 is 20.5 Å². The first kappa shape index (κ1) is 25.1. The smallest absolute Gasteiger partial charge is 0.225 e. The highest BCUT2D eigenvalue weighted by molar-refractivity contribution is 6.07. The minimum absolute atomic E-state index is 0.375. The van der Waals surface area contributed by atoms with Crippen molar-refractivity contribution in [1.82, 2.24) is 5.32 Å². The fraction of sp³-hybridized carbons (Fsp3) is 0.385. The van der Waals surface area contributed by atoms with Crippen molar-refractivity contribution >= 4 is 11.7 Å². The maximum atomic E-state index is 11.5. The summed E-state index contributed by atoms with van der Waals surface area (Å²) >= 11 is 0. The van der Waals surface area contributed by atoms with E-state index in [1.54, 1.807) is 12.1 Å². The second-order valence-corrected chi connectivity index (χ2v) is 7.38. The Morgan fingerprint density at radius 2 is 1.75 bits per heavy atom. The van der Waals surface area contributed by atoms with Gasteiger partial charge in [-0.2, -0.15) is 0 Å². The van der Waals surface area contributed by atoms with Crippen LogP contribution in [0.1, 0.15) is 42.9 Å². The van der Waals surface area contributed by atoms with Crippen LogP contribution in [-0.2, 0) is 27.4 Å². The molecule has 0 aromatic heterocycles. The van der Waals surface area contributed by atoms with Crippen molar-refractivity contribution in [2.24, 2.45) is 5.73 Å². The first-order valence-electron chi connectivity index (χ1n) is 11.0. The minimum Gasteiger partial charge on any atom is -0.488 e. The molecular weight excluding hydrogens is 404 g/mol. The third-order valence-corrected chi connectivity index (χ3v) is 4.64. The minimum atomic E-state index is -0.684. The summed E-state index contributed by atoms with van der Waals surface area (Å²) in [5.74, 6) is 4.59. The number of carbonyl (C=O) groups excluding carboxylic acids is 2. The molecule has 1 saturated heterocycles. The third-order valence-electron chi connectivity index (χ3n) is 4.64. The lowest BCUT2D eigenvalue weighted by molar-refractivity contribution is -0.123. The molecule has 3 rings (SSSR count). The number of ether oxygens (including phenoxy) is 2. The number of Topliss-reactive ketones (excluding diaryl/α,β-unsaturated/α-hetero) is 1. The number of nitrogens with two attached hydrogens (primary N) is 1. The number of hydrogen-bond acceptors (Lipinski definition) is 5. The van der Waals surface area contributed by atoms with E-state index in [4.69, 9.17) is 15.2 Å². The quantitative estimate of drug-likeness (QED) is 0.490. The van der Waals surface area contributed by atoms with Crippen LogP contribution in [0.3, 0.4) is 0 Å². The number of morpholine rings is 1. The van der Waals surface area contributed by atoms with Crippen molar-refractivity contribution in [1.29, 1.82) is 0 Å². The lowest BCUT2D eigenvalue weighted by atomic mass is 10.1. The standard InChI is InChI=1S/C22H23NO3.C4H9NO/c1-2-3-6-17-9-11-18(12-10-17)16-26-21-8-5-4-7-19(21)13-14-20(24)15-22(23)25;1-3-6-4-2-5-1/h4-5,7-12H,2-3,6,15-16H2,1H3,(H2,23,25);5H,1-4H2. The molecule has 1 fully saturated rings. The van der Waals surface area contributed by atoms with Crippen molar-refractivity contribution in [3.63, 3.8) is 0 Å². The van der Waals surface area contributed by atoms with Crippen molar-refractivity contribution in [3.05, 3.63) is 65.2 Å². The maximum absolute atomic E-state index is 11.5. The molecule has 1 aliphatic heterocycles. The van der Waals surface area contributed by atoms with E-state index in [0.717, 1.165) is 38.3 Å². The second kappa shape index (κ2) is 14.8. The molecule has 2 aromatic carbocycles. The van der Waals surface area contributed by atoms with E-state index in [-0.39, 0.29) is 6.42 Å². The third kappa shape index (κ3) is 10.3. The lowest BCUT2D eigenvalue weighted by Gasteiger charge is -2.10. The summed E-state index contributed by atoms with van der Waals surface area (Å²) in [4.78, 5) is 22.2. The van der Waals surface area contributed by atoms with E-state index < -0.39 is 11.7 Å². The fourth-order valence-electron chi connectivity index (χ4n) is 2.90. The number of primary amides is 1. The number of para-hydroxylation sites is 1. The van der Waals surface area contributed by atoms with Gasteiger partial charge >= 0.3 is 0 Å². The number of benzene rings is 2. The van der Waals surface area contributed by atoms with E-state index in [0.29, 0.717) is 17.9 Å². The Balaban J connectivity index is 0.000000520. The van der Waals surface area contributed by atoms with Gasteiger partial charge in [0.1, 0.15) is 12.4 Å². The number of unbranched alkanes of at least 4 members (excludes halogenated alkanes) is 1. The van der Waals surface area contributed by atoms with E-state index in [9.17, 15) is 9.59 Å². The molecule has 0 aliphatic carbocycles. The van der Waals surface area contributed by atoms with Crippen LogP contribution in [0.25, 0.3) is 0 Å². The van der Waals surface area contributed by atoms with Crippen LogP contribution in [0.15, 0.2) is 48.5 Å². The molecule has 0 bridgehead atoms. The Labute approximate surface area is 190 Å². The van der Waals surface area contributed by atoms with Gasteiger partial charge in [-0.3, -0.25) is 9.59 Å². The van der Waals surface area contributed by atoms with Gasteiger partial charge in [-0.15, -0.1) is 0 Å². The van der Waals surface area contributed by atoms with Crippen molar-refractivity contribution in [2.75, 3.05) is 26.3 Å². The molecule has 3 N–H and O–H groups in total. The monoisotopic (exact) mass is 436 g/mol. The topological polar surface area (TPSA) is 90.7 Å². The van der Waals surface area contributed by atoms with E-state index in [2.05, 4.69) is 48.3 Å². The van der Waals surface area contributed by atoms with E-state index >= 15 is 0 Å². The summed E-state index contributed by atoms with van der Waals surface area (Å²) in [5, 5.41) is 3.16.